The van der Waals surface area contributed by atoms with Crippen LogP contribution in [0.2, 0.25) is 5.02 Å². The summed E-state index contributed by atoms with van der Waals surface area (Å²) >= 11 is 6.81. The summed E-state index contributed by atoms with van der Waals surface area (Å²) in [6, 6.07) is 2.07. The number of nitrogens with one attached hydrogen (secondary N) is 1. The third-order valence-corrected chi connectivity index (χ3v) is 4.57. The Morgan fingerprint density at radius 2 is 2.08 bits per heavy atom. The van der Waals surface area contributed by atoms with Gasteiger partial charge in [0.25, 0.3) is 5.91 Å². The Bertz CT molecular complexity index is 851. The van der Waals surface area contributed by atoms with E-state index in [1.165, 1.54) is 20.1 Å². The minimum absolute atomic E-state index is 0.0780. The van der Waals surface area contributed by atoms with Gasteiger partial charge in [-0.05, 0) is 30.3 Å². The molecular formula is C15H11ClF3N3O3S. The van der Waals surface area contributed by atoms with Crippen LogP contribution in [0.25, 0.3) is 0 Å². The number of carbonyl (C=O) groups excluding carboxylic acids is 2. The Morgan fingerprint density at radius 3 is 2.69 bits per heavy atom. The van der Waals surface area contributed by atoms with Gasteiger partial charge >= 0.3 is 12.1 Å². The zero-order chi connectivity index (χ0) is 19.5. The number of benzene rings is 1. The molecule has 1 fully saturated rings. The first-order chi connectivity index (χ1) is 12.1. The quantitative estimate of drug-likeness (QED) is 0.362. The zero-order valence-electron chi connectivity index (χ0n) is 13.3. The SMILES string of the molecule is COC(=O)/C=C1/S/C(=N\N=Cc2ccc(C(F)(F)F)c(C)c2Cl)NC1=O. The fraction of sp³-hybridized carbons (Fsp3) is 0.200. The normalized spacial score (nSPS) is 18.0. The molecule has 11 heteroatoms. The number of halogens is 4. The van der Waals surface area contributed by atoms with E-state index in [1.54, 1.807) is 0 Å². The zero-order valence-corrected chi connectivity index (χ0v) is 14.9. The highest BCUT2D eigenvalue weighted by atomic mass is 35.5. The number of hydrogen-bond acceptors (Lipinski definition) is 6. The predicted octanol–water partition coefficient (Wildman–Crippen LogP) is 3.28. The van der Waals surface area contributed by atoms with Crippen LogP contribution in [0.5, 0.6) is 0 Å². The first kappa shape index (κ1) is 20.0. The highest BCUT2D eigenvalue weighted by Crippen LogP contribution is 2.35. The standard InChI is InChI=1S/C15H11ClF3N3O3S/c1-7-9(15(17,18)19)4-3-8(12(7)16)6-20-22-14-21-13(24)10(26-14)5-11(23)25-2/h3-6H,1-2H3,(H,21,22,24)/b10-5+,20-6?. The molecule has 0 bridgehead atoms. The molecule has 26 heavy (non-hydrogen) atoms. The second-order valence-electron chi connectivity index (χ2n) is 4.88. The Balaban J connectivity index is 2.18. The second kappa shape index (κ2) is 7.92. The lowest BCUT2D eigenvalue weighted by molar-refractivity contribution is -0.138. The van der Waals surface area contributed by atoms with Gasteiger partial charge in [0.1, 0.15) is 0 Å². The molecule has 0 radical (unpaired) electrons. The molecule has 0 spiro atoms. The molecule has 0 aliphatic carbocycles. The molecule has 1 N–H and O–H groups in total. The molecule has 1 aliphatic heterocycles. The van der Waals surface area contributed by atoms with Crippen LogP contribution in [0.1, 0.15) is 16.7 Å². The molecule has 138 valence electrons. The summed E-state index contributed by atoms with van der Waals surface area (Å²) in [6.07, 6.45) is -2.34. The number of hydrogen-bond donors (Lipinski definition) is 1. The van der Waals surface area contributed by atoms with Crippen LogP contribution in [-0.4, -0.2) is 30.4 Å². The van der Waals surface area contributed by atoms with E-state index < -0.39 is 23.6 Å². The fourth-order valence-electron chi connectivity index (χ4n) is 1.90. The van der Waals surface area contributed by atoms with E-state index in [-0.39, 0.29) is 26.2 Å². The molecule has 1 heterocycles. The van der Waals surface area contributed by atoms with E-state index in [0.717, 1.165) is 30.1 Å². The third-order valence-electron chi connectivity index (χ3n) is 3.17. The van der Waals surface area contributed by atoms with E-state index in [1.807, 2.05) is 0 Å². The van der Waals surface area contributed by atoms with Crippen LogP contribution in [0, 0.1) is 6.92 Å². The van der Waals surface area contributed by atoms with Gasteiger partial charge in [-0.25, -0.2) is 4.79 Å². The summed E-state index contributed by atoms with van der Waals surface area (Å²) in [5.74, 6) is -1.24. The maximum atomic E-state index is 12.8. The first-order valence-corrected chi connectivity index (χ1v) is 8.09. The molecule has 1 aliphatic rings. The Hall–Kier alpha value is -2.33. The van der Waals surface area contributed by atoms with E-state index >= 15 is 0 Å². The number of esters is 1. The molecule has 1 aromatic carbocycles. The smallest absolute Gasteiger partial charge is 0.416 e. The third kappa shape index (κ3) is 4.64. The van der Waals surface area contributed by atoms with Crippen LogP contribution in [-0.2, 0) is 20.5 Å². The van der Waals surface area contributed by atoms with Crippen molar-refractivity contribution in [1.82, 2.24) is 5.32 Å². The number of methoxy groups -OCH3 is 1. The van der Waals surface area contributed by atoms with Gasteiger partial charge in [-0.3, -0.25) is 10.1 Å². The summed E-state index contributed by atoms with van der Waals surface area (Å²) in [7, 11) is 1.17. The second-order valence-corrected chi connectivity index (χ2v) is 6.29. The van der Waals surface area contributed by atoms with Crippen molar-refractivity contribution in [3.8, 4) is 0 Å². The van der Waals surface area contributed by atoms with Crippen molar-refractivity contribution < 1.29 is 27.5 Å². The van der Waals surface area contributed by atoms with Crippen molar-refractivity contribution in [3.63, 3.8) is 0 Å². The van der Waals surface area contributed by atoms with E-state index in [4.69, 9.17) is 11.6 Å². The molecular weight excluding hydrogens is 395 g/mol. The molecule has 1 aromatic rings. The number of nitrogens with zero attached hydrogens (tertiary/aromatic N) is 2. The van der Waals surface area contributed by atoms with E-state index in [0.29, 0.717) is 0 Å². The van der Waals surface area contributed by atoms with Gasteiger partial charge in [0.2, 0.25) is 0 Å². The number of amidine groups is 1. The predicted molar refractivity (Wildman–Crippen MR) is 92.1 cm³/mol. The summed E-state index contributed by atoms with van der Waals surface area (Å²) in [5, 5.41) is 9.82. The Kier molecular flexibility index (Phi) is 6.09. The summed E-state index contributed by atoms with van der Waals surface area (Å²) < 4.78 is 42.9. The highest BCUT2D eigenvalue weighted by molar-refractivity contribution is 8.18. The van der Waals surface area contributed by atoms with Crippen molar-refractivity contribution in [2.45, 2.75) is 13.1 Å². The maximum absolute atomic E-state index is 12.8. The van der Waals surface area contributed by atoms with Crippen LogP contribution in [0.4, 0.5) is 13.2 Å². The van der Waals surface area contributed by atoms with Gasteiger partial charge in [-0.2, -0.15) is 18.3 Å². The molecule has 0 atom stereocenters. The summed E-state index contributed by atoms with van der Waals surface area (Å²) in [5.41, 5.74) is -0.717. The van der Waals surface area contributed by atoms with Crippen LogP contribution in [0.15, 0.2) is 33.3 Å². The molecule has 2 rings (SSSR count). The molecule has 6 nitrogen and oxygen atoms in total. The van der Waals surface area contributed by atoms with Gasteiger partial charge < -0.3 is 4.74 Å². The number of alkyl halides is 3. The summed E-state index contributed by atoms with van der Waals surface area (Å²) in [6.45, 7) is 1.26. The lowest BCUT2D eigenvalue weighted by Gasteiger charge is -2.12. The fourth-order valence-corrected chi connectivity index (χ4v) is 2.85. The van der Waals surface area contributed by atoms with Crippen molar-refractivity contribution in [3.05, 3.63) is 44.8 Å². The monoisotopic (exact) mass is 405 g/mol. The van der Waals surface area contributed by atoms with Gasteiger partial charge in [-0.1, -0.05) is 17.7 Å². The van der Waals surface area contributed by atoms with Crippen molar-refractivity contribution in [1.29, 1.82) is 0 Å². The van der Waals surface area contributed by atoms with Crippen LogP contribution < -0.4 is 5.32 Å². The number of thioether (sulfide) groups is 1. The Labute approximate surface area is 155 Å². The molecule has 1 saturated heterocycles. The van der Waals surface area contributed by atoms with Gasteiger partial charge in [0.15, 0.2) is 5.17 Å². The number of ether oxygens (including phenoxy) is 1. The van der Waals surface area contributed by atoms with E-state index in [9.17, 15) is 22.8 Å². The average Bonchev–Trinajstić information content (AvgIpc) is 2.90. The maximum Gasteiger partial charge on any atom is 0.416 e. The Morgan fingerprint density at radius 1 is 1.38 bits per heavy atom. The van der Waals surface area contributed by atoms with Crippen LogP contribution in [0.3, 0.4) is 0 Å². The highest BCUT2D eigenvalue weighted by Gasteiger charge is 2.33. The molecule has 0 aromatic heterocycles. The minimum atomic E-state index is -4.50. The lowest BCUT2D eigenvalue weighted by Crippen LogP contribution is -2.19. The number of amides is 1. The first-order valence-electron chi connectivity index (χ1n) is 6.89. The largest absolute Gasteiger partial charge is 0.466 e. The molecule has 0 unspecified atom stereocenters. The average molecular weight is 406 g/mol. The van der Waals surface area contributed by atoms with Gasteiger partial charge in [-0.15, -0.1) is 5.10 Å². The van der Waals surface area contributed by atoms with Gasteiger partial charge in [0, 0.05) is 11.6 Å². The molecule has 0 saturated carbocycles. The number of carbonyl (C=O) groups is 2. The lowest BCUT2D eigenvalue weighted by atomic mass is 10.1. The topological polar surface area (TPSA) is 80.1 Å². The van der Waals surface area contributed by atoms with E-state index in [2.05, 4.69) is 20.3 Å². The van der Waals surface area contributed by atoms with Crippen LogP contribution >= 0.6 is 23.4 Å². The van der Waals surface area contributed by atoms with Crippen molar-refractivity contribution >= 4 is 46.6 Å². The summed E-state index contributed by atoms with van der Waals surface area (Å²) in [4.78, 5) is 22.8. The van der Waals surface area contributed by atoms with Crippen molar-refractivity contribution in [2.24, 2.45) is 10.2 Å². The minimum Gasteiger partial charge on any atom is -0.466 e. The van der Waals surface area contributed by atoms with Crippen molar-refractivity contribution in [2.75, 3.05) is 7.11 Å². The molecule has 1 amide bonds. The number of rotatable bonds is 3. The van der Waals surface area contributed by atoms with Gasteiger partial charge in [0.05, 0.1) is 28.8 Å².